The van der Waals surface area contributed by atoms with Gasteiger partial charge in [0.25, 0.3) is 0 Å². The van der Waals surface area contributed by atoms with E-state index in [-0.39, 0.29) is 5.59 Å². The fourth-order valence-electron chi connectivity index (χ4n) is 1.06. The molecule has 0 saturated carbocycles. The monoisotopic (exact) mass is 241 g/mol. The highest BCUT2D eigenvalue weighted by Crippen LogP contribution is 2.25. The maximum atomic E-state index is 13.3. The first-order valence-electron chi connectivity index (χ1n) is 5.34. The SMILES string of the molecule is CC(C)(O)C(C)(C)OB(O)c1ncccc1F. The van der Waals surface area contributed by atoms with Crippen molar-refractivity contribution in [1.29, 1.82) is 0 Å². The number of aliphatic hydroxyl groups is 1. The fourth-order valence-corrected chi connectivity index (χ4v) is 1.06. The third-order valence-electron chi connectivity index (χ3n) is 2.90. The Hall–Kier alpha value is -0.975. The van der Waals surface area contributed by atoms with Crippen molar-refractivity contribution < 1.29 is 19.2 Å². The minimum absolute atomic E-state index is 0.190. The molecule has 1 rings (SSSR count). The number of rotatable bonds is 4. The minimum atomic E-state index is -1.52. The van der Waals surface area contributed by atoms with Gasteiger partial charge in [0.05, 0.1) is 11.2 Å². The summed E-state index contributed by atoms with van der Waals surface area (Å²) in [6.07, 6.45) is 1.36. The molecule has 0 spiro atoms. The van der Waals surface area contributed by atoms with Crippen LogP contribution in [0.4, 0.5) is 4.39 Å². The van der Waals surface area contributed by atoms with E-state index in [9.17, 15) is 14.5 Å². The average molecular weight is 241 g/mol. The van der Waals surface area contributed by atoms with Crippen LogP contribution in [0.3, 0.4) is 0 Å². The Balaban J connectivity index is 2.87. The van der Waals surface area contributed by atoms with Gasteiger partial charge in [-0.25, -0.2) is 4.39 Å². The van der Waals surface area contributed by atoms with Crippen LogP contribution < -0.4 is 5.59 Å². The zero-order chi connectivity index (χ0) is 13.3. The Morgan fingerprint density at radius 3 is 2.41 bits per heavy atom. The molecule has 0 aliphatic heterocycles. The van der Waals surface area contributed by atoms with Crippen LogP contribution in [0.2, 0.25) is 0 Å². The van der Waals surface area contributed by atoms with Crippen molar-refractivity contribution in [3.63, 3.8) is 0 Å². The van der Waals surface area contributed by atoms with Crippen molar-refractivity contribution in [2.24, 2.45) is 0 Å². The molecule has 0 radical (unpaired) electrons. The van der Waals surface area contributed by atoms with Crippen LogP contribution in [-0.2, 0) is 4.65 Å². The summed E-state index contributed by atoms with van der Waals surface area (Å²) in [5.74, 6) is -0.647. The van der Waals surface area contributed by atoms with Gasteiger partial charge in [-0.1, -0.05) is 0 Å². The largest absolute Gasteiger partial charge is 0.514 e. The first kappa shape index (κ1) is 14.1. The number of hydrogen-bond donors (Lipinski definition) is 2. The van der Waals surface area contributed by atoms with Gasteiger partial charge in [0, 0.05) is 6.20 Å². The first-order valence-corrected chi connectivity index (χ1v) is 5.34. The molecule has 0 aliphatic rings. The highest BCUT2D eigenvalue weighted by atomic mass is 19.1. The van der Waals surface area contributed by atoms with E-state index in [1.807, 2.05) is 0 Å². The number of aromatic nitrogens is 1. The summed E-state index contributed by atoms with van der Waals surface area (Å²) >= 11 is 0. The summed E-state index contributed by atoms with van der Waals surface area (Å²) in [6.45, 7) is 6.32. The van der Waals surface area contributed by atoms with E-state index in [0.717, 1.165) is 0 Å². The summed E-state index contributed by atoms with van der Waals surface area (Å²) in [5.41, 5.74) is -2.42. The molecule has 0 bridgehead atoms. The molecule has 0 fully saturated rings. The second kappa shape index (κ2) is 4.72. The highest BCUT2D eigenvalue weighted by Gasteiger charge is 2.40. The molecule has 0 aromatic carbocycles. The Morgan fingerprint density at radius 1 is 1.35 bits per heavy atom. The van der Waals surface area contributed by atoms with Gasteiger partial charge in [-0.05, 0) is 39.8 Å². The molecule has 94 valence electrons. The van der Waals surface area contributed by atoms with Crippen molar-refractivity contribution in [2.45, 2.75) is 38.9 Å². The topological polar surface area (TPSA) is 62.6 Å². The van der Waals surface area contributed by atoms with Gasteiger partial charge >= 0.3 is 7.12 Å². The molecular weight excluding hydrogens is 224 g/mol. The lowest BCUT2D eigenvalue weighted by atomic mass is 9.79. The zero-order valence-corrected chi connectivity index (χ0v) is 10.4. The second-order valence-electron chi connectivity index (χ2n) is 4.91. The normalized spacial score (nSPS) is 12.6. The van der Waals surface area contributed by atoms with Gasteiger partial charge in [-0.2, -0.15) is 0 Å². The van der Waals surface area contributed by atoms with Crippen molar-refractivity contribution in [3.8, 4) is 0 Å². The predicted octanol–water partition coefficient (Wildman–Crippen LogP) is 0.474. The van der Waals surface area contributed by atoms with Crippen LogP contribution >= 0.6 is 0 Å². The average Bonchev–Trinajstić information content (AvgIpc) is 2.15. The van der Waals surface area contributed by atoms with Gasteiger partial charge in [-0.3, -0.25) is 4.98 Å². The molecule has 0 atom stereocenters. The Morgan fingerprint density at radius 2 is 1.94 bits per heavy atom. The molecule has 1 aromatic heterocycles. The van der Waals surface area contributed by atoms with E-state index < -0.39 is 24.1 Å². The lowest BCUT2D eigenvalue weighted by Gasteiger charge is -2.38. The number of halogens is 1. The summed E-state index contributed by atoms with van der Waals surface area (Å²) in [5, 5.41) is 19.6. The lowest BCUT2D eigenvalue weighted by molar-refractivity contribution is -0.0984. The fraction of sp³-hybridized carbons (Fsp3) is 0.545. The minimum Gasteiger partial charge on any atom is -0.422 e. The second-order valence-corrected chi connectivity index (χ2v) is 4.91. The van der Waals surface area contributed by atoms with Gasteiger partial charge in [0.15, 0.2) is 0 Å². The van der Waals surface area contributed by atoms with Gasteiger partial charge in [0.1, 0.15) is 11.4 Å². The van der Waals surface area contributed by atoms with E-state index in [1.54, 1.807) is 27.7 Å². The van der Waals surface area contributed by atoms with E-state index in [2.05, 4.69) is 4.98 Å². The smallest absolute Gasteiger partial charge is 0.422 e. The number of hydrogen-bond acceptors (Lipinski definition) is 4. The molecule has 0 aliphatic carbocycles. The molecule has 2 N–H and O–H groups in total. The standard InChI is InChI=1S/C11H17BFNO3/c1-10(2,15)11(3,4)17-12(16)9-8(13)6-5-7-14-9/h5-7,15-16H,1-4H3. The van der Waals surface area contributed by atoms with Crippen LogP contribution in [0, 0.1) is 5.82 Å². The maximum Gasteiger partial charge on any atom is 0.514 e. The number of pyridine rings is 1. The van der Waals surface area contributed by atoms with Crippen molar-refractivity contribution in [3.05, 3.63) is 24.1 Å². The third-order valence-corrected chi connectivity index (χ3v) is 2.90. The van der Waals surface area contributed by atoms with Crippen LogP contribution in [0.25, 0.3) is 0 Å². The van der Waals surface area contributed by atoms with Crippen molar-refractivity contribution >= 4 is 12.7 Å². The lowest BCUT2D eigenvalue weighted by Crippen LogP contribution is -2.54. The van der Waals surface area contributed by atoms with Crippen LogP contribution in [0.5, 0.6) is 0 Å². The predicted molar refractivity (Wildman–Crippen MR) is 63.3 cm³/mol. The summed E-state index contributed by atoms with van der Waals surface area (Å²) in [4.78, 5) is 3.71. The van der Waals surface area contributed by atoms with Crippen molar-refractivity contribution in [2.75, 3.05) is 0 Å². The van der Waals surface area contributed by atoms with Gasteiger partial charge in [0.2, 0.25) is 0 Å². The molecule has 0 amide bonds. The molecule has 0 saturated heterocycles. The van der Waals surface area contributed by atoms with Crippen LogP contribution in [0.15, 0.2) is 18.3 Å². The maximum absolute atomic E-state index is 13.3. The Kier molecular flexibility index (Phi) is 3.91. The third kappa shape index (κ3) is 3.25. The molecule has 1 aromatic rings. The summed E-state index contributed by atoms with van der Waals surface area (Å²) in [6, 6.07) is 2.61. The van der Waals surface area contributed by atoms with Crippen molar-refractivity contribution in [1.82, 2.24) is 4.98 Å². The van der Waals surface area contributed by atoms with E-state index >= 15 is 0 Å². The molecule has 0 unspecified atom stereocenters. The summed E-state index contributed by atoms with van der Waals surface area (Å²) < 4.78 is 18.6. The van der Waals surface area contributed by atoms with Gasteiger partial charge in [-0.15, -0.1) is 0 Å². The van der Waals surface area contributed by atoms with E-state index in [1.165, 1.54) is 18.3 Å². The molecule has 4 nitrogen and oxygen atoms in total. The Bertz CT molecular complexity index is 393. The van der Waals surface area contributed by atoms with Crippen LogP contribution in [-0.4, -0.2) is 33.4 Å². The van der Waals surface area contributed by atoms with E-state index in [0.29, 0.717) is 0 Å². The Labute approximate surface area is 101 Å². The van der Waals surface area contributed by atoms with Crippen LogP contribution in [0.1, 0.15) is 27.7 Å². The molecule has 1 heterocycles. The first-order chi connectivity index (χ1) is 7.65. The number of nitrogens with zero attached hydrogens (tertiary/aromatic N) is 1. The highest BCUT2D eigenvalue weighted by molar-refractivity contribution is 6.59. The summed E-state index contributed by atoms with van der Waals surface area (Å²) in [7, 11) is -1.52. The zero-order valence-electron chi connectivity index (χ0n) is 10.4. The molecule has 6 heteroatoms. The quantitative estimate of drug-likeness (QED) is 0.752. The molecular formula is C11H17BFNO3. The van der Waals surface area contributed by atoms with Gasteiger partial charge < -0.3 is 14.8 Å². The molecule has 17 heavy (non-hydrogen) atoms. The van der Waals surface area contributed by atoms with E-state index in [4.69, 9.17) is 4.65 Å².